The molecule has 1 fully saturated rings. The van der Waals surface area contributed by atoms with Gasteiger partial charge in [-0.1, -0.05) is 13.8 Å². The van der Waals surface area contributed by atoms with E-state index in [1.165, 1.54) is 4.90 Å². The molecule has 5 heteroatoms. The minimum absolute atomic E-state index is 0.0939. The Kier molecular flexibility index (Phi) is 4.59. The van der Waals surface area contributed by atoms with E-state index in [1.54, 1.807) is 4.90 Å². The second-order valence-corrected chi connectivity index (χ2v) is 6.05. The van der Waals surface area contributed by atoms with Crippen molar-refractivity contribution < 1.29 is 14.7 Å². The lowest BCUT2D eigenvalue weighted by molar-refractivity contribution is -0.138. The van der Waals surface area contributed by atoms with Crippen LogP contribution in [-0.4, -0.2) is 52.6 Å². The van der Waals surface area contributed by atoms with Gasteiger partial charge in [0.2, 0.25) is 0 Å². The van der Waals surface area contributed by atoms with Gasteiger partial charge in [-0.25, -0.2) is 4.79 Å². The molecule has 1 heterocycles. The minimum Gasteiger partial charge on any atom is -0.480 e. The van der Waals surface area contributed by atoms with E-state index in [1.807, 2.05) is 13.8 Å². The van der Waals surface area contributed by atoms with Gasteiger partial charge in [0, 0.05) is 19.1 Å². The van der Waals surface area contributed by atoms with Crippen molar-refractivity contribution in [3.63, 3.8) is 0 Å². The Labute approximate surface area is 109 Å². The van der Waals surface area contributed by atoms with Crippen LogP contribution in [0.25, 0.3) is 0 Å². The molecular formula is C13H24N2O3. The molecule has 0 aliphatic carbocycles. The normalized spacial score (nSPS) is 18.8. The standard InChI is InChI=1S/C13H24N2O3/c1-10(2)15(9-11(16)17)12(18)14-7-5-13(3,4)6-8-14/h10H,5-9H2,1-4H3,(H,16,17). The van der Waals surface area contributed by atoms with E-state index in [0.29, 0.717) is 13.1 Å². The fourth-order valence-corrected chi connectivity index (χ4v) is 2.10. The summed E-state index contributed by atoms with van der Waals surface area (Å²) in [6, 6.07) is -0.244. The van der Waals surface area contributed by atoms with Crippen LogP contribution in [0.5, 0.6) is 0 Å². The van der Waals surface area contributed by atoms with E-state index in [-0.39, 0.29) is 24.0 Å². The number of hydrogen-bond donors (Lipinski definition) is 1. The van der Waals surface area contributed by atoms with Crippen molar-refractivity contribution in [2.45, 2.75) is 46.6 Å². The highest BCUT2D eigenvalue weighted by Crippen LogP contribution is 2.30. The van der Waals surface area contributed by atoms with Gasteiger partial charge in [0.25, 0.3) is 0 Å². The van der Waals surface area contributed by atoms with E-state index < -0.39 is 5.97 Å². The van der Waals surface area contributed by atoms with Crippen LogP contribution in [0.2, 0.25) is 0 Å². The van der Waals surface area contributed by atoms with Gasteiger partial charge in [-0.3, -0.25) is 4.79 Å². The number of nitrogens with zero attached hydrogens (tertiary/aromatic N) is 2. The highest BCUT2D eigenvalue weighted by Gasteiger charge is 2.31. The second kappa shape index (κ2) is 5.59. The molecule has 1 aliphatic heterocycles. The summed E-state index contributed by atoms with van der Waals surface area (Å²) in [7, 11) is 0. The van der Waals surface area contributed by atoms with Gasteiger partial charge in [0.1, 0.15) is 6.54 Å². The van der Waals surface area contributed by atoms with Crippen molar-refractivity contribution >= 4 is 12.0 Å². The van der Waals surface area contributed by atoms with Crippen LogP contribution < -0.4 is 0 Å². The average Bonchev–Trinajstić information content (AvgIpc) is 2.24. The monoisotopic (exact) mass is 256 g/mol. The molecule has 0 atom stereocenters. The fraction of sp³-hybridized carbons (Fsp3) is 0.846. The molecule has 18 heavy (non-hydrogen) atoms. The first kappa shape index (κ1) is 14.8. The lowest BCUT2D eigenvalue weighted by Gasteiger charge is -2.39. The van der Waals surface area contributed by atoms with Gasteiger partial charge in [-0.15, -0.1) is 0 Å². The zero-order chi connectivity index (χ0) is 13.9. The van der Waals surface area contributed by atoms with E-state index >= 15 is 0 Å². The Morgan fingerprint density at radius 1 is 1.28 bits per heavy atom. The van der Waals surface area contributed by atoms with Crippen LogP contribution in [0, 0.1) is 5.41 Å². The predicted molar refractivity (Wildman–Crippen MR) is 69.5 cm³/mol. The highest BCUT2D eigenvalue weighted by atomic mass is 16.4. The summed E-state index contributed by atoms with van der Waals surface area (Å²) in [6.45, 7) is 9.29. The molecule has 1 saturated heterocycles. The highest BCUT2D eigenvalue weighted by molar-refractivity contribution is 5.80. The van der Waals surface area contributed by atoms with Crippen molar-refractivity contribution in [1.29, 1.82) is 0 Å². The number of carboxylic acid groups (broad SMARTS) is 1. The maximum absolute atomic E-state index is 12.3. The van der Waals surface area contributed by atoms with Crippen LogP contribution in [0.4, 0.5) is 4.79 Å². The van der Waals surface area contributed by atoms with Crippen LogP contribution in [-0.2, 0) is 4.79 Å². The van der Waals surface area contributed by atoms with Gasteiger partial charge in [0.05, 0.1) is 0 Å². The number of rotatable bonds is 3. The fourth-order valence-electron chi connectivity index (χ4n) is 2.10. The quantitative estimate of drug-likeness (QED) is 0.840. The molecule has 5 nitrogen and oxygen atoms in total. The number of piperidine rings is 1. The molecular weight excluding hydrogens is 232 g/mol. The Morgan fingerprint density at radius 2 is 1.78 bits per heavy atom. The van der Waals surface area contributed by atoms with E-state index in [0.717, 1.165) is 12.8 Å². The Balaban J connectivity index is 2.64. The molecule has 0 saturated carbocycles. The first-order valence-electron chi connectivity index (χ1n) is 6.50. The molecule has 0 radical (unpaired) electrons. The Hall–Kier alpha value is -1.26. The van der Waals surface area contributed by atoms with Crippen LogP contribution in [0.1, 0.15) is 40.5 Å². The van der Waals surface area contributed by atoms with E-state index in [9.17, 15) is 9.59 Å². The molecule has 1 N–H and O–H groups in total. The largest absolute Gasteiger partial charge is 0.480 e. The third-order valence-electron chi connectivity index (χ3n) is 3.56. The third kappa shape index (κ3) is 3.89. The number of likely N-dealkylation sites (tertiary alicyclic amines) is 1. The molecule has 0 aromatic rings. The topological polar surface area (TPSA) is 60.9 Å². The Morgan fingerprint density at radius 3 is 2.17 bits per heavy atom. The molecule has 1 rings (SSSR count). The number of amides is 2. The number of carbonyl (C=O) groups excluding carboxylic acids is 1. The van der Waals surface area contributed by atoms with Crippen LogP contribution in [0.3, 0.4) is 0 Å². The predicted octanol–water partition coefficient (Wildman–Crippen LogP) is 2.02. The smallest absolute Gasteiger partial charge is 0.323 e. The van der Waals surface area contributed by atoms with Crippen molar-refractivity contribution in [2.75, 3.05) is 19.6 Å². The van der Waals surface area contributed by atoms with Gasteiger partial charge in [0.15, 0.2) is 0 Å². The molecule has 1 aliphatic rings. The van der Waals surface area contributed by atoms with Gasteiger partial charge < -0.3 is 14.9 Å². The van der Waals surface area contributed by atoms with Crippen molar-refractivity contribution in [1.82, 2.24) is 9.80 Å². The summed E-state index contributed by atoms with van der Waals surface area (Å²) in [5, 5.41) is 8.85. The van der Waals surface area contributed by atoms with Crippen molar-refractivity contribution in [3.8, 4) is 0 Å². The summed E-state index contributed by atoms with van der Waals surface area (Å²) in [5.74, 6) is -0.964. The average molecular weight is 256 g/mol. The molecule has 0 unspecified atom stereocenters. The van der Waals surface area contributed by atoms with Gasteiger partial charge >= 0.3 is 12.0 Å². The third-order valence-corrected chi connectivity index (χ3v) is 3.56. The van der Waals surface area contributed by atoms with Crippen LogP contribution >= 0.6 is 0 Å². The van der Waals surface area contributed by atoms with Crippen molar-refractivity contribution in [3.05, 3.63) is 0 Å². The van der Waals surface area contributed by atoms with Crippen molar-refractivity contribution in [2.24, 2.45) is 5.41 Å². The molecule has 104 valence electrons. The van der Waals surface area contributed by atoms with Gasteiger partial charge in [-0.2, -0.15) is 0 Å². The first-order chi connectivity index (χ1) is 8.23. The molecule has 0 aromatic carbocycles. The summed E-state index contributed by atoms with van der Waals surface area (Å²) in [4.78, 5) is 26.3. The van der Waals surface area contributed by atoms with E-state index in [4.69, 9.17) is 5.11 Å². The minimum atomic E-state index is -0.964. The zero-order valence-electron chi connectivity index (χ0n) is 11.8. The maximum Gasteiger partial charge on any atom is 0.323 e. The van der Waals surface area contributed by atoms with E-state index in [2.05, 4.69) is 13.8 Å². The molecule has 0 bridgehead atoms. The molecule has 2 amide bonds. The number of carbonyl (C=O) groups is 2. The lowest BCUT2D eigenvalue weighted by Crippen LogP contribution is -2.51. The molecule has 0 aromatic heterocycles. The summed E-state index contributed by atoms with van der Waals surface area (Å²) < 4.78 is 0. The van der Waals surface area contributed by atoms with Crippen LogP contribution in [0.15, 0.2) is 0 Å². The second-order valence-electron chi connectivity index (χ2n) is 6.05. The summed E-state index contributed by atoms with van der Waals surface area (Å²) >= 11 is 0. The SMILES string of the molecule is CC(C)N(CC(=O)O)C(=O)N1CCC(C)(C)CC1. The maximum atomic E-state index is 12.3. The number of hydrogen-bond acceptors (Lipinski definition) is 2. The lowest BCUT2D eigenvalue weighted by atomic mass is 9.83. The first-order valence-corrected chi connectivity index (χ1v) is 6.50. The Bertz CT molecular complexity index is 316. The summed E-state index contributed by atoms with van der Waals surface area (Å²) in [6.07, 6.45) is 1.94. The van der Waals surface area contributed by atoms with Gasteiger partial charge in [-0.05, 0) is 32.1 Å². The zero-order valence-corrected chi connectivity index (χ0v) is 11.8. The number of aliphatic carboxylic acids is 1. The molecule has 0 spiro atoms. The summed E-state index contributed by atoms with van der Waals surface area (Å²) in [5.41, 5.74) is 0.284. The number of urea groups is 1. The number of carboxylic acids is 1.